The maximum atomic E-state index is 12.3. The molecule has 0 saturated heterocycles. The van der Waals surface area contributed by atoms with Gasteiger partial charge < -0.3 is 0 Å². The van der Waals surface area contributed by atoms with E-state index >= 15 is 0 Å². The zero-order valence-corrected chi connectivity index (χ0v) is 6.33. The molecule has 9 heavy (non-hydrogen) atoms. The summed E-state index contributed by atoms with van der Waals surface area (Å²) in [5.74, 6) is 0.450. The van der Waals surface area contributed by atoms with Crippen molar-refractivity contribution in [2.24, 2.45) is 0 Å². The summed E-state index contributed by atoms with van der Waals surface area (Å²) < 4.78 is 12.3. The molecule has 0 radical (unpaired) electrons. The standard InChI is InChI=1S/C7H9FS/c1-5(2)6-3-7(8)9-4-6/h3-5H,1-2H3. The first-order chi connectivity index (χ1) is 4.20. The Morgan fingerprint density at radius 3 is 2.44 bits per heavy atom. The Hall–Kier alpha value is -0.370. The van der Waals surface area contributed by atoms with Gasteiger partial charge in [0.05, 0.1) is 0 Å². The van der Waals surface area contributed by atoms with E-state index < -0.39 is 0 Å². The quantitative estimate of drug-likeness (QED) is 0.568. The zero-order chi connectivity index (χ0) is 6.85. The molecule has 0 saturated carbocycles. The second kappa shape index (κ2) is 2.48. The summed E-state index contributed by atoms with van der Waals surface area (Å²) in [6, 6.07) is 1.59. The van der Waals surface area contributed by atoms with Crippen molar-refractivity contribution in [3.05, 3.63) is 22.1 Å². The van der Waals surface area contributed by atoms with E-state index in [1.54, 1.807) is 6.07 Å². The summed E-state index contributed by atoms with van der Waals surface area (Å²) in [5, 5.41) is 1.78. The van der Waals surface area contributed by atoms with Gasteiger partial charge in [0.25, 0.3) is 0 Å². The fraction of sp³-hybridized carbons (Fsp3) is 0.429. The van der Waals surface area contributed by atoms with E-state index in [2.05, 4.69) is 13.8 Å². The van der Waals surface area contributed by atoms with E-state index in [4.69, 9.17) is 0 Å². The molecular weight excluding hydrogens is 135 g/mol. The number of hydrogen-bond donors (Lipinski definition) is 0. The second-order valence-corrected chi connectivity index (χ2v) is 3.20. The van der Waals surface area contributed by atoms with Crippen molar-refractivity contribution in [3.8, 4) is 0 Å². The van der Waals surface area contributed by atoms with E-state index in [0.29, 0.717) is 5.92 Å². The average molecular weight is 144 g/mol. The molecule has 0 bridgehead atoms. The average Bonchev–Trinajstić information content (AvgIpc) is 2.14. The van der Waals surface area contributed by atoms with Crippen molar-refractivity contribution in [1.82, 2.24) is 0 Å². The maximum Gasteiger partial charge on any atom is 0.176 e. The number of rotatable bonds is 1. The van der Waals surface area contributed by atoms with Crippen molar-refractivity contribution < 1.29 is 4.39 Å². The van der Waals surface area contributed by atoms with Gasteiger partial charge in [-0.1, -0.05) is 13.8 Å². The highest BCUT2D eigenvalue weighted by Gasteiger charge is 2.01. The van der Waals surface area contributed by atoms with Crippen LogP contribution in [0.1, 0.15) is 25.3 Å². The Balaban J connectivity index is 2.85. The first-order valence-electron chi connectivity index (χ1n) is 2.94. The first kappa shape index (κ1) is 6.75. The Morgan fingerprint density at radius 2 is 2.22 bits per heavy atom. The lowest BCUT2D eigenvalue weighted by molar-refractivity contribution is 0.654. The number of halogens is 1. The highest BCUT2D eigenvalue weighted by molar-refractivity contribution is 7.08. The summed E-state index contributed by atoms with van der Waals surface area (Å²) in [7, 11) is 0. The largest absolute Gasteiger partial charge is 0.195 e. The monoisotopic (exact) mass is 144 g/mol. The zero-order valence-electron chi connectivity index (χ0n) is 5.52. The predicted molar refractivity (Wildman–Crippen MR) is 38.4 cm³/mol. The van der Waals surface area contributed by atoms with E-state index in [-0.39, 0.29) is 5.13 Å². The van der Waals surface area contributed by atoms with Crippen LogP contribution in [-0.4, -0.2) is 0 Å². The molecule has 0 aromatic carbocycles. The molecule has 0 atom stereocenters. The van der Waals surface area contributed by atoms with Gasteiger partial charge in [-0.15, -0.1) is 11.3 Å². The van der Waals surface area contributed by atoms with Crippen LogP contribution in [-0.2, 0) is 0 Å². The third kappa shape index (κ3) is 1.52. The molecule has 0 amide bonds. The fourth-order valence-electron chi connectivity index (χ4n) is 0.626. The first-order valence-corrected chi connectivity index (χ1v) is 3.82. The van der Waals surface area contributed by atoms with E-state index in [1.807, 2.05) is 5.38 Å². The Kier molecular flexibility index (Phi) is 1.86. The lowest BCUT2D eigenvalue weighted by Gasteiger charge is -1.96. The van der Waals surface area contributed by atoms with Crippen LogP contribution in [0, 0.1) is 5.13 Å². The van der Waals surface area contributed by atoms with Crippen LogP contribution in [0.15, 0.2) is 11.4 Å². The van der Waals surface area contributed by atoms with E-state index in [9.17, 15) is 4.39 Å². The summed E-state index contributed by atoms with van der Waals surface area (Å²) in [6.45, 7) is 4.11. The molecule has 1 rings (SSSR count). The summed E-state index contributed by atoms with van der Waals surface area (Å²) in [4.78, 5) is 0. The van der Waals surface area contributed by atoms with Gasteiger partial charge >= 0.3 is 0 Å². The molecule has 1 aromatic rings. The normalized spacial score (nSPS) is 10.7. The summed E-state index contributed by atoms with van der Waals surface area (Å²) in [6.07, 6.45) is 0. The Bertz CT molecular complexity index is 191. The molecule has 0 unspecified atom stereocenters. The minimum Gasteiger partial charge on any atom is -0.195 e. The molecule has 2 heteroatoms. The third-order valence-corrected chi connectivity index (χ3v) is 1.99. The topological polar surface area (TPSA) is 0 Å². The van der Waals surface area contributed by atoms with Crippen LogP contribution in [0.2, 0.25) is 0 Å². The Morgan fingerprint density at radius 1 is 1.56 bits per heavy atom. The number of hydrogen-bond acceptors (Lipinski definition) is 1. The van der Waals surface area contributed by atoms with Crippen LogP contribution in [0.3, 0.4) is 0 Å². The molecule has 0 nitrogen and oxygen atoms in total. The highest BCUT2D eigenvalue weighted by Crippen LogP contribution is 2.19. The van der Waals surface area contributed by atoms with Gasteiger partial charge in [-0.2, -0.15) is 4.39 Å². The minimum atomic E-state index is -0.0845. The predicted octanol–water partition coefficient (Wildman–Crippen LogP) is 3.01. The van der Waals surface area contributed by atoms with Gasteiger partial charge in [-0.05, 0) is 22.9 Å². The summed E-state index contributed by atoms with van der Waals surface area (Å²) >= 11 is 1.17. The molecule has 1 heterocycles. The van der Waals surface area contributed by atoms with Gasteiger partial charge in [-0.3, -0.25) is 0 Å². The molecule has 50 valence electrons. The Labute approximate surface area is 58.3 Å². The van der Waals surface area contributed by atoms with E-state index in [1.165, 1.54) is 11.3 Å². The van der Waals surface area contributed by atoms with Gasteiger partial charge in [0.2, 0.25) is 0 Å². The molecule has 0 fully saturated rings. The van der Waals surface area contributed by atoms with Gasteiger partial charge in [0.1, 0.15) is 0 Å². The minimum absolute atomic E-state index is 0.0845. The van der Waals surface area contributed by atoms with Gasteiger partial charge in [-0.25, -0.2) is 0 Å². The lowest BCUT2D eigenvalue weighted by atomic mass is 10.1. The smallest absolute Gasteiger partial charge is 0.176 e. The maximum absolute atomic E-state index is 12.3. The third-order valence-electron chi connectivity index (χ3n) is 1.25. The van der Waals surface area contributed by atoms with Crippen molar-refractivity contribution in [2.45, 2.75) is 19.8 Å². The van der Waals surface area contributed by atoms with Crippen molar-refractivity contribution >= 4 is 11.3 Å². The van der Waals surface area contributed by atoms with Crippen LogP contribution in [0.4, 0.5) is 4.39 Å². The van der Waals surface area contributed by atoms with Crippen molar-refractivity contribution in [1.29, 1.82) is 0 Å². The summed E-state index contributed by atoms with van der Waals surface area (Å²) in [5.41, 5.74) is 1.09. The van der Waals surface area contributed by atoms with Crippen LogP contribution in [0.5, 0.6) is 0 Å². The van der Waals surface area contributed by atoms with Crippen LogP contribution < -0.4 is 0 Å². The fourth-order valence-corrected chi connectivity index (χ4v) is 1.42. The molecule has 0 aliphatic heterocycles. The number of thiophene rings is 1. The molecule has 1 aromatic heterocycles. The molecule has 0 N–H and O–H groups in total. The van der Waals surface area contributed by atoms with Crippen LogP contribution >= 0.6 is 11.3 Å². The highest BCUT2D eigenvalue weighted by atomic mass is 32.1. The van der Waals surface area contributed by atoms with Gasteiger partial charge in [0, 0.05) is 0 Å². The molecular formula is C7H9FS. The van der Waals surface area contributed by atoms with E-state index in [0.717, 1.165) is 5.56 Å². The molecule has 0 aliphatic rings. The SMILES string of the molecule is CC(C)c1csc(F)c1. The van der Waals surface area contributed by atoms with Gasteiger partial charge in [0.15, 0.2) is 5.13 Å². The van der Waals surface area contributed by atoms with Crippen LogP contribution in [0.25, 0.3) is 0 Å². The van der Waals surface area contributed by atoms with Crippen molar-refractivity contribution in [2.75, 3.05) is 0 Å². The lowest BCUT2D eigenvalue weighted by Crippen LogP contribution is -1.79. The molecule has 0 aliphatic carbocycles. The second-order valence-electron chi connectivity index (χ2n) is 2.34. The molecule has 0 spiro atoms. The van der Waals surface area contributed by atoms with Crippen molar-refractivity contribution in [3.63, 3.8) is 0 Å².